The summed E-state index contributed by atoms with van der Waals surface area (Å²) in [5.74, 6) is -7.12. The number of allylic oxidation sites excluding steroid dienone is 2. The summed E-state index contributed by atoms with van der Waals surface area (Å²) in [7, 11) is 4.66. The van der Waals surface area contributed by atoms with Crippen LogP contribution >= 0.6 is 0 Å². The molecule has 4 rings (SSSR count). The molecule has 1 amide bonds. The minimum absolute atomic E-state index is 0.0111. The molecule has 326 valence electrons. The molecule has 15 unspecified atom stereocenters. The summed E-state index contributed by atoms with van der Waals surface area (Å²) in [6, 6.07) is -1.12. The number of Topliss-reactive ketones (excluding diaryl/α,β-unsaturated/α-hetero) is 1. The van der Waals surface area contributed by atoms with E-state index in [4.69, 9.17) is 23.7 Å². The first kappa shape index (κ1) is 47.4. The van der Waals surface area contributed by atoms with Crippen molar-refractivity contribution in [2.75, 3.05) is 27.9 Å². The lowest BCUT2D eigenvalue weighted by atomic mass is 9.77. The molecule has 1 saturated carbocycles. The maximum atomic E-state index is 14.4. The number of methoxy groups -OCH3 is 3. The van der Waals surface area contributed by atoms with E-state index in [0.717, 1.165) is 5.57 Å². The van der Waals surface area contributed by atoms with Crippen LogP contribution in [0.2, 0.25) is 0 Å². The smallest absolute Gasteiger partial charge is 0.329 e. The second-order valence-corrected chi connectivity index (χ2v) is 18.0. The molecule has 13 heteroatoms. The molecule has 13 nitrogen and oxygen atoms in total. The number of carbonyl (C=O) groups excluding carboxylic acids is 3. The van der Waals surface area contributed by atoms with Crippen molar-refractivity contribution in [1.29, 1.82) is 0 Å². The van der Waals surface area contributed by atoms with Gasteiger partial charge in [-0.05, 0) is 102 Å². The fraction of sp³-hybridized carbons (Fsp3) is 0.841. The van der Waals surface area contributed by atoms with Gasteiger partial charge in [0.15, 0.2) is 0 Å². The van der Waals surface area contributed by atoms with Crippen LogP contribution in [0.5, 0.6) is 0 Å². The van der Waals surface area contributed by atoms with Crippen LogP contribution in [0, 0.1) is 29.6 Å². The number of aliphatic hydroxyl groups excluding tert-OH is 2. The third-order valence-electron chi connectivity index (χ3n) is 13.5. The number of rotatable bonds is 6. The first-order valence-corrected chi connectivity index (χ1v) is 21.3. The second kappa shape index (κ2) is 20.4. The molecule has 4 N–H and O–H groups in total. The molecule has 0 aromatic rings. The Balaban J connectivity index is 1.79. The van der Waals surface area contributed by atoms with Gasteiger partial charge in [-0.25, -0.2) is 4.79 Å². The van der Waals surface area contributed by atoms with Crippen LogP contribution in [0.15, 0.2) is 23.3 Å². The number of carbonyl (C=O) groups is 3. The zero-order valence-corrected chi connectivity index (χ0v) is 36.1. The number of fused-ring (bicyclic) bond motifs is 3. The highest BCUT2D eigenvalue weighted by Gasteiger charge is 2.56. The van der Waals surface area contributed by atoms with Gasteiger partial charge >= 0.3 is 5.97 Å². The monoisotopic (exact) mass is 808 g/mol. The lowest BCUT2D eigenvalue weighted by Gasteiger charge is -2.47. The van der Waals surface area contributed by atoms with Crippen LogP contribution in [0.25, 0.3) is 0 Å². The predicted octanol–water partition coefficient (Wildman–Crippen LogP) is 4.65. The molecule has 2 saturated heterocycles. The molecular formula is C44H73NO12. The molecule has 57 heavy (non-hydrogen) atoms. The van der Waals surface area contributed by atoms with Crippen molar-refractivity contribution in [3.05, 3.63) is 23.3 Å². The predicted molar refractivity (Wildman–Crippen MR) is 214 cm³/mol. The molecule has 3 aliphatic heterocycles. The Bertz CT molecular complexity index is 1430. The number of nitrogens with zero attached hydrogens (tertiary/aromatic N) is 1. The van der Waals surface area contributed by atoms with E-state index in [0.29, 0.717) is 56.9 Å². The minimum Gasteiger partial charge on any atom is -0.456 e. The van der Waals surface area contributed by atoms with Gasteiger partial charge in [0.2, 0.25) is 5.79 Å². The molecule has 0 aromatic heterocycles. The summed E-state index contributed by atoms with van der Waals surface area (Å²) in [5, 5.41) is 46.4. The SMILES string of the molecule is CCC1C=C(C)CC(C)CC(OC)C2OC(O)(C(=O)C(=O)N3CCCCC3C(=O)OC(C(C)=CC3CCC(O)C(OC)C3)C(C)C(O)CC1(C)O)C(C)CC2OC. The maximum Gasteiger partial charge on any atom is 0.329 e. The Morgan fingerprint density at radius 2 is 1.58 bits per heavy atom. The molecule has 2 bridgehead atoms. The van der Waals surface area contributed by atoms with Crippen LogP contribution < -0.4 is 0 Å². The number of ketones is 1. The zero-order valence-electron chi connectivity index (χ0n) is 36.1. The standard InChI is InChI=1S/C44H73NO12/c1-11-31-19-25(2)18-26(3)20-36(54-9)39-37(55-10)22-28(5)44(52,57-39)40(48)41(49)45-17-13-12-14-32(45)42(50)56-38(29(6)34(47)24-43(31,7)51)27(4)21-30-15-16-33(46)35(23-30)53-8/h19,21,26,28-39,46-47,51-52H,11-18,20,22-24H2,1-10H3. The van der Waals surface area contributed by atoms with E-state index in [1.54, 1.807) is 42.1 Å². The van der Waals surface area contributed by atoms with Gasteiger partial charge in [0.05, 0.1) is 36.1 Å². The van der Waals surface area contributed by atoms with Gasteiger partial charge < -0.3 is 49.0 Å². The molecule has 0 radical (unpaired) electrons. The third-order valence-corrected chi connectivity index (χ3v) is 13.5. The van der Waals surface area contributed by atoms with Gasteiger partial charge in [0.1, 0.15) is 18.2 Å². The van der Waals surface area contributed by atoms with E-state index >= 15 is 0 Å². The first-order chi connectivity index (χ1) is 26.8. The van der Waals surface area contributed by atoms with E-state index in [1.165, 1.54) is 4.90 Å². The highest BCUT2D eigenvalue weighted by molar-refractivity contribution is 6.39. The van der Waals surface area contributed by atoms with E-state index < -0.39 is 83.5 Å². The average Bonchev–Trinajstić information content (AvgIpc) is 3.17. The number of amides is 1. The second-order valence-electron chi connectivity index (χ2n) is 18.0. The van der Waals surface area contributed by atoms with E-state index in [1.807, 2.05) is 26.8 Å². The molecule has 3 fully saturated rings. The van der Waals surface area contributed by atoms with E-state index in [2.05, 4.69) is 13.0 Å². The van der Waals surface area contributed by atoms with Crippen molar-refractivity contribution in [3.8, 4) is 0 Å². The summed E-state index contributed by atoms with van der Waals surface area (Å²) < 4.78 is 29.9. The highest BCUT2D eigenvalue weighted by Crippen LogP contribution is 2.40. The van der Waals surface area contributed by atoms with Gasteiger partial charge in [-0.3, -0.25) is 9.59 Å². The fourth-order valence-electron chi connectivity index (χ4n) is 9.91. The molecule has 4 aliphatic rings. The first-order valence-electron chi connectivity index (χ1n) is 21.3. The number of cyclic esters (lactones) is 1. The third kappa shape index (κ3) is 11.1. The highest BCUT2D eigenvalue weighted by atomic mass is 16.7. The minimum atomic E-state index is -2.49. The summed E-state index contributed by atoms with van der Waals surface area (Å²) >= 11 is 0. The van der Waals surface area contributed by atoms with Crippen LogP contribution in [0.4, 0.5) is 0 Å². The van der Waals surface area contributed by atoms with Crippen LogP contribution in [-0.2, 0) is 38.1 Å². The normalized spacial score (nSPS) is 42.7. The lowest BCUT2D eigenvalue weighted by molar-refractivity contribution is -0.302. The molecule has 0 aromatic carbocycles. The lowest BCUT2D eigenvalue weighted by Crippen LogP contribution is -2.64. The molecule has 1 aliphatic carbocycles. The molecule has 15 atom stereocenters. The zero-order chi connectivity index (χ0) is 42.4. The summed E-state index contributed by atoms with van der Waals surface area (Å²) in [5.41, 5.74) is 0.426. The molecule has 3 heterocycles. The van der Waals surface area contributed by atoms with Crippen LogP contribution in [0.1, 0.15) is 119 Å². The number of esters is 1. The van der Waals surface area contributed by atoms with E-state index in [-0.39, 0.29) is 49.7 Å². The Morgan fingerprint density at radius 1 is 0.930 bits per heavy atom. The van der Waals surface area contributed by atoms with Crippen molar-refractivity contribution in [2.24, 2.45) is 29.6 Å². The van der Waals surface area contributed by atoms with Gasteiger partial charge in [-0.2, -0.15) is 0 Å². The van der Waals surface area contributed by atoms with Gasteiger partial charge in [0.25, 0.3) is 11.7 Å². The van der Waals surface area contributed by atoms with Crippen molar-refractivity contribution in [3.63, 3.8) is 0 Å². The number of hydrogen-bond donors (Lipinski definition) is 4. The Morgan fingerprint density at radius 3 is 2.21 bits per heavy atom. The maximum absolute atomic E-state index is 14.4. The average molecular weight is 808 g/mol. The number of piperidine rings is 1. The Kier molecular flexibility index (Phi) is 16.9. The summed E-state index contributed by atoms with van der Waals surface area (Å²) in [4.78, 5) is 44.0. The topological polar surface area (TPSA) is 182 Å². The molecule has 0 spiro atoms. The number of ether oxygens (including phenoxy) is 5. The van der Waals surface area contributed by atoms with Gasteiger partial charge in [0, 0.05) is 52.0 Å². The fourth-order valence-corrected chi connectivity index (χ4v) is 9.91. The van der Waals surface area contributed by atoms with E-state index in [9.17, 15) is 34.8 Å². The van der Waals surface area contributed by atoms with Gasteiger partial charge in [-0.15, -0.1) is 0 Å². The Labute approximate surface area is 340 Å². The van der Waals surface area contributed by atoms with Crippen LogP contribution in [-0.4, -0.2) is 131 Å². The summed E-state index contributed by atoms with van der Waals surface area (Å²) in [6.07, 6.45) is 4.33. The largest absolute Gasteiger partial charge is 0.456 e. The Hall–Kier alpha value is -2.23. The quantitative estimate of drug-likeness (QED) is 0.166. The van der Waals surface area contributed by atoms with Gasteiger partial charge in [-0.1, -0.05) is 45.4 Å². The van der Waals surface area contributed by atoms with Crippen LogP contribution in [0.3, 0.4) is 0 Å². The van der Waals surface area contributed by atoms with Crippen molar-refractivity contribution < 1.29 is 58.5 Å². The number of hydrogen-bond acceptors (Lipinski definition) is 12. The van der Waals surface area contributed by atoms with Crippen molar-refractivity contribution in [2.45, 2.75) is 179 Å². The number of aliphatic hydroxyl groups is 4. The molecular weight excluding hydrogens is 734 g/mol. The van der Waals surface area contributed by atoms with Crippen molar-refractivity contribution in [1.82, 2.24) is 4.90 Å². The summed E-state index contributed by atoms with van der Waals surface area (Å²) in [6.45, 7) is 13.2. The van der Waals surface area contributed by atoms with Crippen molar-refractivity contribution >= 4 is 17.7 Å².